The summed E-state index contributed by atoms with van der Waals surface area (Å²) in [5.41, 5.74) is 2.68. The van der Waals surface area contributed by atoms with Crippen LogP contribution in [0.2, 0.25) is 5.02 Å². The molecule has 0 saturated heterocycles. The van der Waals surface area contributed by atoms with Crippen LogP contribution in [-0.2, 0) is 16.1 Å². The van der Waals surface area contributed by atoms with Gasteiger partial charge in [-0.3, -0.25) is 9.59 Å². The van der Waals surface area contributed by atoms with Crippen LogP contribution >= 0.6 is 11.6 Å². The molecule has 1 aromatic rings. The summed E-state index contributed by atoms with van der Waals surface area (Å²) >= 11 is 6.23. The Morgan fingerprint density at radius 1 is 0.976 bits per heavy atom. The quantitative estimate of drug-likeness (QED) is 0.369. The van der Waals surface area contributed by atoms with E-state index in [0.29, 0.717) is 29.8 Å². The molecule has 4 saturated carbocycles. The van der Waals surface area contributed by atoms with Crippen molar-refractivity contribution in [1.82, 2.24) is 5.32 Å². The molecule has 0 heterocycles. The zero-order chi connectivity index (χ0) is 30.5. The average Bonchev–Trinajstić information content (AvgIpc) is 3.23. The highest BCUT2D eigenvalue weighted by molar-refractivity contribution is 6.30. The molecule has 4 nitrogen and oxygen atoms in total. The standard InChI is InChI=1S/C37H52ClNO3/c1-22(2)30-26(40)20-37(32(42)39-21-23-9-8-10-24(38)19-23)18-17-35(6)25(31(30)37)11-12-28-34(5)15-14-29(41)33(3,4)27(34)13-16-36(28,35)7/h8-10,19,22,25,27-29,41H,11-18,20-21H2,1-7H3,(H,39,42)/t25?,27?,28?,29-,34-,35+,36+,37+/m0/s1. The summed E-state index contributed by atoms with van der Waals surface area (Å²) in [7, 11) is 0. The van der Waals surface area contributed by atoms with Gasteiger partial charge in [-0.05, 0) is 126 Å². The van der Waals surface area contributed by atoms with Crippen molar-refractivity contribution in [3.05, 3.63) is 46.0 Å². The van der Waals surface area contributed by atoms with Gasteiger partial charge in [0, 0.05) is 18.0 Å². The molecule has 6 rings (SSSR count). The van der Waals surface area contributed by atoms with E-state index in [1.54, 1.807) is 0 Å². The third kappa shape index (κ3) is 4.02. The number of carbonyl (C=O) groups is 2. The number of aliphatic hydroxyl groups excluding tert-OH is 1. The Morgan fingerprint density at radius 2 is 1.71 bits per heavy atom. The van der Waals surface area contributed by atoms with E-state index < -0.39 is 5.41 Å². The second-order valence-electron chi connectivity index (χ2n) is 16.5. The number of benzene rings is 1. The van der Waals surface area contributed by atoms with E-state index in [9.17, 15) is 14.7 Å². The zero-order valence-electron chi connectivity index (χ0n) is 26.9. The number of nitrogens with one attached hydrogen (secondary N) is 1. The van der Waals surface area contributed by atoms with Crippen LogP contribution in [0, 0.1) is 50.7 Å². The van der Waals surface area contributed by atoms with Gasteiger partial charge < -0.3 is 10.4 Å². The van der Waals surface area contributed by atoms with Gasteiger partial charge in [0.15, 0.2) is 5.78 Å². The number of carbonyl (C=O) groups excluding carboxylic acids is 2. The Morgan fingerprint density at radius 3 is 2.40 bits per heavy atom. The Balaban J connectivity index is 1.38. The van der Waals surface area contributed by atoms with Crippen LogP contribution in [0.1, 0.15) is 112 Å². The summed E-state index contributed by atoms with van der Waals surface area (Å²) in [6.45, 7) is 16.9. The highest BCUT2D eigenvalue weighted by Crippen LogP contribution is 2.76. The Labute approximate surface area is 258 Å². The number of hydrogen-bond donors (Lipinski definition) is 2. The van der Waals surface area contributed by atoms with Crippen molar-refractivity contribution in [2.75, 3.05) is 0 Å². The summed E-state index contributed by atoms with van der Waals surface area (Å²) in [5, 5.41) is 14.9. The number of rotatable bonds is 4. The predicted molar refractivity (Wildman–Crippen MR) is 169 cm³/mol. The number of ketones is 1. The van der Waals surface area contributed by atoms with Crippen LogP contribution in [0.4, 0.5) is 0 Å². The predicted octanol–water partition coefficient (Wildman–Crippen LogP) is 8.30. The van der Waals surface area contributed by atoms with Crippen LogP contribution in [0.25, 0.3) is 0 Å². The van der Waals surface area contributed by atoms with E-state index in [-0.39, 0.29) is 51.3 Å². The average molecular weight is 594 g/mol. The minimum absolute atomic E-state index is 0.0227. The van der Waals surface area contributed by atoms with E-state index in [1.165, 1.54) is 5.57 Å². The molecule has 5 heteroatoms. The van der Waals surface area contributed by atoms with E-state index in [1.807, 2.05) is 24.3 Å². The van der Waals surface area contributed by atoms with Crippen LogP contribution < -0.4 is 5.32 Å². The highest BCUT2D eigenvalue weighted by Gasteiger charge is 2.70. The molecule has 42 heavy (non-hydrogen) atoms. The molecule has 4 fully saturated rings. The molecule has 5 aliphatic rings. The fourth-order valence-electron chi connectivity index (χ4n) is 11.9. The first kappa shape index (κ1) is 30.4. The Hall–Kier alpha value is -1.65. The first-order valence-corrected chi connectivity index (χ1v) is 17.0. The minimum Gasteiger partial charge on any atom is -0.393 e. The van der Waals surface area contributed by atoms with Gasteiger partial charge in [0.25, 0.3) is 0 Å². The van der Waals surface area contributed by atoms with Crippen molar-refractivity contribution >= 4 is 23.3 Å². The maximum Gasteiger partial charge on any atom is 0.231 e. The molecular formula is C37H52ClNO3. The molecule has 0 radical (unpaired) electrons. The summed E-state index contributed by atoms with van der Waals surface area (Å²) in [4.78, 5) is 28.1. The van der Waals surface area contributed by atoms with Crippen molar-refractivity contribution in [2.45, 2.75) is 119 Å². The van der Waals surface area contributed by atoms with Gasteiger partial charge >= 0.3 is 0 Å². The molecule has 0 spiro atoms. The van der Waals surface area contributed by atoms with Gasteiger partial charge in [-0.25, -0.2) is 0 Å². The summed E-state index contributed by atoms with van der Waals surface area (Å²) in [6.07, 6.45) is 8.28. The monoisotopic (exact) mass is 593 g/mol. The summed E-state index contributed by atoms with van der Waals surface area (Å²) < 4.78 is 0. The largest absolute Gasteiger partial charge is 0.393 e. The lowest BCUT2D eigenvalue weighted by molar-refractivity contribution is -0.228. The lowest BCUT2D eigenvalue weighted by Crippen LogP contribution is -2.66. The minimum atomic E-state index is -0.735. The topological polar surface area (TPSA) is 66.4 Å². The van der Waals surface area contributed by atoms with Crippen LogP contribution in [0.15, 0.2) is 35.4 Å². The normalized spacial score (nSPS) is 42.5. The van der Waals surface area contributed by atoms with E-state index >= 15 is 0 Å². The first-order chi connectivity index (χ1) is 19.6. The first-order valence-electron chi connectivity index (χ1n) is 16.6. The fraction of sp³-hybridized carbons (Fsp3) is 0.730. The number of halogens is 1. The number of hydrogen-bond acceptors (Lipinski definition) is 3. The van der Waals surface area contributed by atoms with Gasteiger partial charge in [-0.2, -0.15) is 0 Å². The van der Waals surface area contributed by atoms with Crippen molar-refractivity contribution in [3.8, 4) is 0 Å². The van der Waals surface area contributed by atoms with Gasteiger partial charge in [-0.1, -0.05) is 72.2 Å². The molecule has 0 bridgehead atoms. The molecule has 1 amide bonds. The van der Waals surface area contributed by atoms with Gasteiger partial charge in [0.2, 0.25) is 5.91 Å². The number of fused-ring (bicyclic) bond motifs is 7. The van der Waals surface area contributed by atoms with Gasteiger partial charge in [0.05, 0.1) is 11.5 Å². The third-order valence-electron chi connectivity index (χ3n) is 14.2. The van der Waals surface area contributed by atoms with E-state index in [0.717, 1.165) is 62.5 Å². The van der Waals surface area contributed by atoms with E-state index in [4.69, 9.17) is 11.6 Å². The maximum absolute atomic E-state index is 14.3. The highest BCUT2D eigenvalue weighted by atomic mass is 35.5. The third-order valence-corrected chi connectivity index (χ3v) is 14.4. The number of Topliss-reactive ketones (excluding diaryl/α,β-unsaturated/α-hetero) is 1. The van der Waals surface area contributed by atoms with Gasteiger partial charge in [-0.15, -0.1) is 0 Å². The molecule has 230 valence electrons. The van der Waals surface area contributed by atoms with Crippen LogP contribution in [0.3, 0.4) is 0 Å². The Bertz CT molecular complexity index is 1330. The molecule has 1 aromatic carbocycles. The molecule has 2 N–H and O–H groups in total. The molecule has 0 aliphatic heterocycles. The zero-order valence-corrected chi connectivity index (χ0v) is 27.7. The number of amides is 1. The van der Waals surface area contributed by atoms with Crippen molar-refractivity contribution < 1.29 is 14.7 Å². The SMILES string of the molecule is CC(C)C1=C2C3CCC4[C@@]5(C)CC[C@H](O)C(C)(C)C5CC[C@@]4(C)[C@]3(C)CC[C@@]2(C(=O)NCc2cccc(Cl)c2)CC1=O. The van der Waals surface area contributed by atoms with Crippen molar-refractivity contribution in [1.29, 1.82) is 0 Å². The Kier molecular flexibility index (Phi) is 7.18. The molecule has 5 aliphatic carbocycles. The van der Waals surface area contributed by atoms with Crippen LogP contribution in [-0.4, -0.2) is 22.9 Å². The molecule has 0 aromatic heterocycles. The van der Waals surface area contributed by atoms with Gasteiger partial charge in [0.1, 0.15) is 0 Å². The number of allylic oxidation sites excluding steroid dienone is 1. The second-order valence-corrected chi connectivity index (χ2v) is 16.9. The molecular weight excluding hydrogens is 542 g/mol. The maximum atomic E-state index is 14.3. The fourth-order valence-corrected chi connectivity index (χ4v) is 12.1. The van der Waals surface area contributed by atoms with Crippen LogP contribution in [0.5, 0.6) is 0 Å². The van der Waals surface area contributed by atoms with E-state index in [2.05, 4.69) is 53.8 Å². The molecule has 8 atom stereocenters. The lowest BCUT2D eigenvalue weighted by Gasteiger charge is -2.72. The lowest BCUT2D eigenvalue weighted by atomic mass is 9.33. The second kappa shape index (κ2) is 9.93. The van der Waals surface area contributed by atoms with Crippen molar-refractivity contribution in [3.63, 3.8) is 0 Å². The number of aliphatic hydroxyl groups is 1. The summed E-state index contributed by atoms with van der Waals surface area (Å²) in [6, 6.07) is 7.65. The smallest absolute Gasteiger partial charge is 0.231 e. The van der Waals surface area contributed by atoms with Crippen molar-refractivity contribution in [2.24, 2.45) is 50.7 Å². The molecule has 3 unspecified atom stereocenters. The summed E-state index contributed by atoms with van der Waals surface area (Å²) in [5.74, 6) is 1.67.